The van der Waals surface area contributed by atoms with Gasteiger partial charge in [-0.25, -0.2) is 0 Å². The average Bonchev–Trinajstić information content (AvgIpc) is 2.34. The van der Waals surface area contributed by atoms with Gasteiger partial charge in [-0.1, -0.05) is 6.07 Å². The van der Waals surface area contributed by atoms with Gasteiger partial charge in [0.25, 0.3) is 0 Å². The van der Waals surface area contributed by atoms with Crippen LogP contribution in [0.15, 0.2) is 42.6 Å². The third kappa shape index (κ3) is 2.75. The summed E-state index contributed by atoms with van der Waals surface area (Å²) in [4.78, 5) is 4.33. The maximum Gasteiger partial charge on any atom is 0.0657 e. The molecule has 0 aliphatic carbocycles. The first kappa shape index (κ1) is 11.5. The molecule has 2 aromatic rings. The van der Waals surface area contributed by atoms with Crippen molar-refractivity contribution in [3.63, 3.8) is 0 Å². The molecular weight excluding hydrogens is 210 g/mol. The molecule has 3 heteroatoms. The molecular formula is C14H17N3. The Balaban J connectivity index is 2.16. The van der Waals surface area contributed by atoms with Gasteiger partial charge in [-0.05, 0) is 49.7 Å². The second-order valence-corrected chi connectivity index (χ2v) is 4.19. The molecule has 17 heavy (non-hydrogen) atoms. The number of benzene rings is 1. The zero-order valence-electron chi connectivity index (χ0n) is 10.1. The SMILES string of the molecule is Cc1cc(N)ccc1NC(C)c1ccccn1. The van der Waals surface area contributed by atoms with Crippen molar-refractivity contribution in [1.29, 1.82) is 0 Å². The van der Waals surface area contributed by atoms with Crippen LogP contribution in [0, 0.1) is 6.92 Å². The monoisotopic (exact) mass is 227 g/mol. The topological polar surface area (TPSA) is 50.9 Å². The van der Waals surface area contributed by atoms with E-state index >= 15 is 0 Å². The predicted molar refractivity (Wildman–Crippen MR) is 71.9 cm³/mol. The fraction of sp³-hybridized carbons (Fsp3) is 0.214. The lowest BCUT2D eigenvalue weighted by atomic mass is 10.1. The molecule has 1 unspecified atom stereocenters. The first-order valence-corrected chi connectivity index (χ1v) is 5.70. The predicted octanol–water partition coefficient (Wildman–Crippen LogP) is 3.15. The summed E-state index contributed by atoms with van der Waals surface area (Å²) < 4.78 is 0. The van der Waals surface area contributed by atoms with Gasteiger partial charge in [0.1, 0.15) is 0 Å². The van der Waals surface area contributed by atoms with Gasteiger partial charge in [-0.2, -0.15) is 0 Å². The summed E-state index contributed by atoms with van der Waals surface area (Å²) in [5.74, 6) is 0. The van der Waals surface area contributed by atoms with Gasteiger partial charge in [0.2, 0.25) is 0 Å². The Kier molecular flexibility index (Phi) is 3.28. The minimum Gasteiger partial charge on any atom is -0.399 e. The fourth-order valence-corrected chi connectivity index (χ4v) is 1.79. The van der Waals surface area contributed by atoms with Crippen LogP contribution >= 0.6 is 0 Å². The lowest BCUT2D eigenvalue weighted by molar-refractivity contribution is 0.838. The van der Waals surface area contributed by atoms with E-state index < -0.39 is 0 Å². The van der Waals surface area contributed by atoms with E-state index in [1.165, 1.54) is 0 Å². The largest absolute Gasteiger partial charge is 0.399 e. The number of aromatic nitrogens is 1. The second kappa shape index (κ2) is 4.87. The van der Waals surface area contributed by atoms with Crippen molar-refractivity contribution < 1.29 is 0 Å². The standard InChI is InChI=1S/C14H17N3/c1-10-9-12(15)6-7-13(10)17-11(2)14-5-3-4-8-16-14/h3-9,11,17H,15H2,1-2H3. The van der Waals surface area contributed by atoms with Crippen LogP contribution in [0.1, 0.15) is 24.2 Å². The Bertz CT molecular complexity index is 494. The number of aryl methyl sites for hydroxylation is 1. The number of nitrogen functional groups attached to an aromatic ring is 1. The Labute approximate surface area is 102 Å². The number of nitrogens with zero attached hydrogens (tertiary/aromatic N) is 1. The fourth-order valence-electron chi connectivity index (χ4n) is 1.79. The highest BCUT2D eigenvalue weighted by Crippen LogP contribution is 2.22. The van der Waals surface area contributed by atoms with Crippen molar-refractivity contribution in [3.05, 3.63) is 53.9 Å². The Morgan fingerprint density at radius 2 is 2.06 bits per heavy atom. The molecule has 0 radical (unpaired) electrons. The summed E-state index contributed by atoms with van der Waals surface area (Å²) in [6.45, 7) is 4.14. The van der Waals surface area contributed by atoms with Crippen molar-refractivity contribution >= 4 is 11.4 Å². The van der Waals surface area contributed by atoms with Crippen LogP contribution < -0.4 is 11.1 Å². The molecule has 0 aliphatic heterocycles. The second-order valence-electron chi connectivity index (χ2n) is 4.19. The molecule has 1 aromatic carbocycles. The van der Waals surface area contributed by atoms with Gasteiger partial charge in [0, 0.05) is 17.6 Å². The van der Waals surface area contributed by atoms with E-state index in [0.717, 1.165) is 22.6 Å². The Morgan fingerprint density at radius 1 is 1.24 bits per heavy atom. The zero-order chi connectivity index (χ0) is 12.3. The van der Waals surface area contributed by atoms with Crippen LogP contribution in [0.25, 0.3) is 0 Å². The molecule has 0 fully saturated rings. The summed E-state index contributed by atoms with van der Waals surface area (Å²) in [5, 5.41) is 3.44. The molecule has 0 amide bonds. The smallest absolute Gasteiger partial charge is 0.0657 e. The third-order valence-electron chi connectivity index (χ3n) is 2.75. The maximum absolute atomic E-state index is 5.73. The van der Waals surface area contributed by atoms with Gasteiger partial charge in [-0.15, -0.1) is 0 Å². The molecule has 0 aliphatic rings. The molecule has 1 aromatic heterocycles. The van der Waals surface area contributed by atoms with E-state index in [1.54, 1.807) is 0 Å². The zero-order valence-corrected chi connectivity index (χ0v) is 10.1. The van der Waals surface area contributed by atoms with E-state index in [4.69, 9.17) is 5.73 Å². The number of anilines is 2. The van der Waals surface area contributed by atoms with Crippen LogP contribution in [-0.4, -0.2) is 4.98 Å². The summed E-state index contributed by atoms with van der Waals surface area (Å²) in [7, 11) is 0. The molecule has 0 saturated carbocycles. The summed E-state index contributed by atoms with van der Waals surface area (Å²) in [6.07, 6.45) is 1.81. The molecule has 88 valence electrons. The van der Waals surface area contributed by atoms with E-state index in [1.807, 2.05) is 49.5 Å². The van der Waals surface area contributed by atoms with Crippen molar-refractivity contribution in [2.24, 2.45) is 0 Å². The highest BCUT2D eigenvalue weighted by molar-refractivity contribution is 5.58. The van der Waals surface area contributed by atoms with E-state index in [0.29, 0.717) is 0 Å². The number of hydrogen-bond acceptors (Lipinski definition) is 3. The first-order valence-electron chi connectivity index (χ1n) is 5.70. The Morgan fingerprint density at radius 3 is 2.71 bits per heavy atom. The van der Waals surface area contributed by atoms with Crippen LogP contribution in [0.4, 0.5) is 11.4 Å². The summed E-state index contributed by atoms with van der Waals surface area (Å²) in [6, 6.07) is 12.0. The molecule has 1 atom stereocenters. The maximum atomic E-state index is 5.73. The molecule has 0 bridgehead atoms. The quantitative estimate of drug-likeness (QED) is 0.792. The Hall–Kier alpha value is -2.03. The van der Waals surface area contributed by atoms with Crippen molar-refractivity contribution in [2.75, 3.05) is 11.1 Å². The number of nitrogens with one attached hydrogen (secondary N) is 1. The first-order chi connectivity index (χ1) is 8.16. The molecule has 2 rings (SSSR count). The van der Waals surface area contributed by atoms with Gasteiger partial charge < -0.3 is 11.1 Å². The molecule has 3 N–H and O–H groups in total. The summed E-state index contributed by atoms with van der Waals surface area (Å²) in [5.41, 5.74) is 9.79. The highest BCUT2D eigenvalue weighted by atomic mass is 14.9. The number of nitrogens with two attached hydrogens (primary N) is 1. The summed E-state index contributed by atoms with van der Waals surface area (Å²) >= 11 is 0. The van der Waals surface area contributed by atoms with E-state index in [9.17, 15) is 0 Å². The highest BCUT2D eigenvalue weighted by Gasteiger charge is 2.07. The molecule has 3 nitrogen and oxygen atoms in total. The normalized spacial score (nSPS) is 12.1. The van der Waals surface area contributed by atoms with Crippen LogP contribution in [0.2, 0.25) is 0 Å². The van der Waals surface area contributed by atoms with Gasteiger partial charge in [0.05, 0.1) is 11.7 Å². The van der Waals surface area contributed by atoms with Crippen LogP contribution in [0.3, 0.4) is 0 Å². The number of rotatable bonds is 3. The van der Waals surface area contributed by atoms with Crippen LogP contribution in [-0.2, 0) is 0 Å². The molecule has 1 heterocycles. The van der Waals surface area contributed by atoms with Gasteiger partial charge in [0.15, 0.2) is 0 Å². The minimum absolute atomic E-state index is 0.179. The average molecular weight is 227 g/mol. The van der Waals surface area contributed by atoms with Crippen molar-refractivity contribution in [1.82, 2.24) is 4.98 Å². The number of hydrogen-bond donors (Lipinski definition) is 2. The van der Waals surface area contributed by atoms with Gasteiger partial charge in [-0.3, -0.25) is 4.98 Å². The third-order valence-corrected chi connectivity index (χ3v) is 2.75. The van der Waals surface area contributed by atoms with Crippen LogP contribution in [0.5, 0.6) is 0 Å². The van der Waals surface area contributed by atoms with E-state index in [-0.39, 0.29) is 6.04 Å². The van der Waals surface area contributed by atoms with Gasteiger partial charge >= 0.3 is 0 Å². The molecule has 0 saturated heterocycles. The molecule has 0 spiro atoms. The lowest BCUT2D eigenvalue weighted by Crippen LogP contribution is -2.09. The van der Waals surface area contributed by atoms with E-state index in [2.05, 4.69) is 17.2 Å². The lowest BCUT2D eigenvalue weighted by Gasteiger charge is -2.16. The minimum atomic E-state index is 0.179. The number of pyridine rings is 1. The van der Waals surface area contributed by atoms with Crippen molar-refractivity contribution in [2.45, 2.75) is 19.9 Å². The van der Waals surface area contributed by atoms with Crippen molar-refractivity contribution in [3.8, 4) is 0 Å².